The molecule has 0 aromatic heterocycles. The Morgan fingerprint density at radius 1 is 1.17 bits per heavy atom. The summed E-state index contributed by atoms with van der Waals surface area (Å²) in [5, 5.41) is 9.19. The molecule has 0 radical (unpaired) electrons. The maximum Gasteiger partial charge on any atom is 0.336 e. The van der Waals surface area contributed by atoms with Gasteiger partial charge in [-0.2, -0.15) is 5.26 Å². The Balaban J connectivity index is 2.09. The lowest BCUT2D eigenvalue weighted by molar-refractivity contribution is -0.140. The first-order valence-corrected chi connectivity index (χ1v) is 10.3. The van der Waals surface area contributed by atoms with E-state index >= 15 is 0 Å². The van der Waals surface area contributed by atoms with E-state index in [4.69, 9.17) is 4.74 Å². The summed E-state index contributed by atoms with van der Waals surface area (Å²) in [5.41, 5.74) is 3.64. The van der Waals surface area contributed by atoms with Crippen LogP contribution in [0.4, 0.5) is 0 Å². The van der Waals surface area contributed by atoms with Crippen molar-refractivity contribution in [2.24, 2.45) is 0 Å². The van der Waals surface area contributed by atoms with E-state index in [2.05, 4.69) is 6.07 Å². The molecule has 154 valence electrons. The zero-order valence-corrected chi connectivity index (χ0v) is 17.4. The summed E-state index contributed by atoms with van der Waals surface area (Å²) in [7, 11) is 0. The van der Waals surface area contributed by atoms with Crippen LogP contribution in [0.5, 0.6) is 0 Å². The molecule has 0 aliphatic carbocycles. The van der Waals surface area contributed by atoms with Crippen molar-refractivity contribution in [3.8, 4) is 6.07 Å². The van der Waals surface area contributed by atoms with E-state index in [1.54, 1.807) is 24.0 Å². The highest BCUT2D eigenvalue weighted by atomic mass is 16.5. The molecule has 0 N–H and O–H groups in total. The fourth-order valence-electron chi connectivity index (χ4n) is 3.93. The Morgan fingerprint density at radius 2 is 1.93 bits per heavy atom. The minimum absolute atomic E-state index is 0.0253. The lowest BCUT2D eigenvalue weighted by Gasteiger charge is -2.36. The van der Waals surface area contributed by atoms with Gasteiger partial charge in [0.15, 0.2) is 0 Å². The number of allylic oxidation sites excluding steroid dienone is 1. The topological polar surface area (TPSA) is 70.4 Å². The van der Waals surface area contributed by atoms with Gasteiger partial charge in [0.2, 0.25) is 5.91 Å². The van der Waals surface area contributed by atoms with E-state index in [0.29, 0.717) is 24.1 Å². The standard InChI is InChI=1S/C25H26N2O3/c1-3-9-22-24(25(29)30-4-2)21(20-12-6-5-7-13-20)15-23(28)27(22)17-19-11-8-10-18(14-19)16-26/h5-8,10-14,21H,3-4,9,15,17H2,1-2H3/t21-/m0/s1. The SMILES string of the molecule is CCCC1=C(C(=O)OCC)[C@H](c2ccccc2)CC(=O)N1Cc1cccc(C#N)c1. The van der Waals surface area contributed by atoms with Gasteiger partial charge in [-0.3, -0.25) is 4.79 Å². The first-order chi connectivity index (χ1) is 14.6. The number of nitrogens with zero attached hydrogens (tertiary/aromatic N) is 2. The third-order valence-corrected chi connectivity index (χ3v) is 5.25. The van der Waals surface area contributed by atoms with Crippen LogP contribution in [0.25, 0.3) is 0 Å². The average Bonchev–Trinajstić information content (AvgIpc) is 2.77. The fraction of sp³-hybridized carbons (Fsp3) is 0.320. The summed E-state index contributed by atoms with van der Waals surface area (Å²) in [6.45, 7) is 4.42. The van der Waals surface area contributed by atoms with E-state index in [1.807, 2.05) is 49.4 Å². The van der Waals surface area contributed by atoms with E-state index in [-0.39, 0.29) is 30.8 Å². The third kappa shape index (κ3) is 4.60. The van der Waals surface area contributed by atoms with Crippen LogP contribution in [0.1, 0.15) is 55.7 Å². The second kappa shape index (κ2) is 9.89. The highest BCUT2D eigenvalue weighted by Crippen LogP contribution is 2.39. The number of nitriles is 1. The van der Waals surface area contributed by atoms with Gasteiger partial charge in [-0.1, -0.05) is 55.8 Å². The van der Waals surface area contributed by atoms with Crippen molar-refractivity contribution >= 4 is 11.9 Å². The lowest BCUT2D eigenvalue weighted by Crippen LogP contribution is -2.39. The summed E-state index contributed by atoms with van der Waals surface area (Å²) < 4.78 is 5.40. The van der Waals surface area contributed by atoms with Crippen LogP contribution in [-0.2, 0) is 20.9 Å². The van der Waals surface area contributed by atoms with Crippen LogP contribution < -0.4 is 0 Å². The zero-order chi connectivity index (χ0) is 21.5. The third-order valence-electron chi connectivity index (χ3n) is 5.25. The minimum atomic E-state index is -0.363. The molecule has 0 fully saturated rings. The van der Waals surface area contributed by atoms with Gasteiger partial charge in [-0.05, 0) is 36.6 Å². The number of hydrogen-bond donors (Lipinski definition) is 0. The van der Waals surface area contributed by atoms with Crippen LogP contribution in [0, 0.1) is 11.3 Å². The number of carbonyl (C=O) groups excluding carboxylic acids is 2. The van der Waals surface area contributed by atoms with Crippen LogP contribution in [-0.4, -0.2) is 23.4 Å². The second-order valence-corrected chi connectivity index (χ2v) is 7.29. The Bertz CT molecular complexity index is 989. The number of hydrogen-bond acceptors (Lipinski definition) is 4. The molecule has 1 heterocycles. The summed E-state index contributed by atoms with van der Waals surface area (Å²) in [4.78, 5) is 27.9. The molecule has 0 saturated heterocycles. The fourth-order valence-corrected chi connectivity index (χ4v) is 3.93. The maximum absolute atomic E-state index is 13.2. The first kappa shape index (κ1) is 21.3. The van der Waals surface area contributed by atoms with Crippen molar-refractivity contribution in [3.63, 3.8) is 0 Å². The van der Waals surface area contributed by atoms with Gasteiger partial charge in [0.25, 0.3) is 0 Å². The molecule has 0 saturated carbocycles. The summed E-state index contributed by atoms with van der Waals surface area (Å²) >= 11 is 0. The predicted molar refractivity (Wildman–Crippen MR) is 114 cm³/mol. The molecule has 5 heteroatoms. The monoisotopic (exact) mass is 402 g/mol. The van der Waals surface area contributed by atoms with Gasteiger partial charge in [-0.25, -0.2) is 4.79 Å². The smallest absolute Gasteiger partial charge is 0.336 e. The molecule has 0 spiro atoms. The predicted octanol–water partition coefficient (Wildman–Crippen LogP) is 4.69. The molecule has 0 unspecified atom stereocenters. The Hall–Kier alpha value is -3.39. The van der Waals surface area contributed by atoms with Crippen LogP contribution in [0.15, 0.2) is 65.9 Å². The number of benzene rings is 2. The Labute approximate surface area is 177 Å². The molecule has 5 nitrogen and oxygen atoms in total. The minimum Gasteiger partial charge on any atom is -0.463 e. The first-order valence-electron chi connectivity index (χ1n) is 10.3. The maximum atomic E-state index is 13.2. The molecule has 2 aromatic carbocycles. The lowest BCUT2D eigenvalue weighted by atomic mass is 9.82. The molecule has 1 aliphatic rings. The Kier molecular flexibility index (Phi) is 7.03. The zero-order valence-electron chi connectivity index (χ0n) is 17.4. The highest BCUT2D eigenvalue weighted by molar-refractivity contribution is 5.96. The van der Waals surface area contributed by atoms with Crippen molar-refractivity contribution < 1.29 is 14.3 Å². The number of ether oxygens (including phenoxy) is 1. The molecular formula is C25H26N2O3. The molecule has 30 heavy (non-hydrogen) atoms. The van der Waals surface area contributed by atoms with Crippen molar-refractivity contribution in [1.29, 1.82) is 5.26 Å². The van der Waals surface area contributed by atoms with Crippen molar-refractivity contribution in [2.75, 3.05) is 6.61 Å². The number of amides is 1. The Morgan fingerprint density at radius 3 is 2.60 bits per heavy atom. The van der Waals surface area contributed by atoms with Gasteiger partial charge in [0.05, 0.1) is 30.4 Å². The quantitative estimate of drug-likeness (QED) is 0.630. The van der Waals surface area contributed by atoms with Crippen LogP contribution in [0.3, 0.4) is 0 Å². The molecule has 1 aliphatic heterocycles. The summed E-state index contributed by atoms with van der Waals surface area (Å²) in [6.07, 6.45) is 1.60. The average molecular weight is 402 g/mol. The second-order valence-electron chi connectivity index (χ2n) is 7.29. The number of carbonyl (C=O) groups is 2. The summed E-state index contributed by atoms with van der Waals surface area (Å²) in [6, 6.07) is 19.0. The van der Waals surface area contributed by atoms with E-state index in [1.165, 1.54) is 0 Å². The molecule has 1 atom stereocenters. The van der Waals surface area contributed by atoms with Crippen molar-refractivity contribution in [3.05, 3.63) is 82.6 Å². The largest absolute Gasteiger partial charge is 0.463 e. The molecule has 2 aromatic rings. The normalized spacial score (nSPS) is 16.4. The van der Waals surface area contributed by atoms with E-state index < -0.39 is 0 Å². The van der Waals surface area contributed by atoms with Gasteiger partial charge in [0.1, 0.15) is 0 Å². The van der Waals surface area contributed by atoms with Crippen molar-refractivity contribution in [2.45, 2.75) is 45.6 Å². The molecule has 3 rings (SSSR count). The number of esters is 1. The van der Waals surface area contributed by atoms with Gasteiger partial charge < -0.3 is 9.64 Å². The molecule has 0 bridgehead atoms. The molecule has 1 amide bonds. The number of rotatable bonds is 7. The van der Waals surface area contributed by atoms with Crippen molar-refractivity contribution in [1.82, 2.24) is 4.90 Å². The van der Waals surface area contributed by atoms with Crippen LogP contribution >= 0.6 is 0 Å². The van der Waals surface area contributed by atoms with Gasteiger partial charge in [0, 0.05) is 18.0 Å². The molecular weight excluding hydrogens is 376 g/mol. The van der Waals surface area contributed by atoms with Gasteiger partial charge >= 0.3 is 5.97 Å². The van der Waals surface area contributed by atoms with E-state index in [0.717, 1.165) is 23.2 Å². The van der Waals surface area contributed by atoms with Crippen LogP contribution in [0.2, 0.25) is 0 Å². The highest BCUT2D eigenvalue weighted by Gasteiger charge is 2.38. The summed E-state index contributed by atoms with van der Waals surface area (Å²) in [5.74, 6) is -0.707. The van der Waals surface area contributed by atoms with Gasteiger partial charge in [-0.15, -0.1) is 0 Å². The van der Waals surface area contributed by atoms with E-state index in [9.17, 15) is 14.9 Å².